The molecule has 1 aliphatic heterocycles. The van der Waals surface area contributed by atoms with Crippen molar-refractivity contribution in [1.29, 1.82) is 0 Å². The van der Waals surface area contributed by atoms with E-state index in [1.54, 1.807) is 0 Å². The van der Waals surface area contributed by atoms with Crippen molar-refractivity contribution < 1.29 is 0 Å². The van der Waals surface area contributed by atoms with E-state index in [4.69, 9.17) is 0 Å². The normalized spacial score (nSPS) is 17.2. The summed E-state index contributed by atoms with van der Waals surface area (Å²) in [6, 6.07) is 67.0. The van der Waals surface area contributed by atoms with E-state index in [0.717, 1.165) is 11.4 Å². The molecule has 2 heterocycles. The molecule has 12 rings (SSSR count). The van der Waals surface area contributed by atoms with Gasteiger partial charge in [-0.15, -0.1) is 0 Å². The van der Waals surface area contributed by atoms with Crippen LogP contribution in [-0.2, 0) is 5.54 Å². The molecule has 0 fully saturated rings. The second-order valence-corrected chi connectivity index (χ2v) is 16.3. The lowest BCUT2D eigenvalue weighted by Crippen LogP contribution is -2.46. The van der Waals surface area contributed by atoms with Gasteiger partial charge in [0, 0.05) is 50.1 Å². The van der Waals surface area contributed by atoms with Gasteiger partial charge >= 0.3 is 0 Å². The summed E-state index contributed by atoms with van der Waals surface area (Å²) in [6.07, 6.45) is 11.6. The minimum atomic E-state index is -0.330. The lowest BCUT2D eigenvalue weighted by molar-refractivity contribution is 0.401. The first-order chi connectivity index (χ1) is 29.1. The van der Waals surface area contributed by atoms with Gasteiger partial charge in [0.1, 0.15) is 0 Å². The Kier molecular flexibility index (Phi) is 7.46. The topological polar surface area (TPSA) is 17.0 Å². The molecule has 278 valence electrons. The van der Waals surface area contributed by atoms with E-state index >= 15 is 0 Å². The molecule has 0 amide bonds. The van der Waals surface area contributed by atoms with Crippen LogP contribution in [0.25, 0.3) is 89.1 Å². The fourth-order valence-corrected chi connectivity index (χ4v) is 10.2. The number of nitrogens with zero attached hydrogens (tertiary/aromatic N) is 1. The van der Waals surface area contributed by atoms with Gasteiger partial charge in [-0.3, -0.25) is 0 Å². The first kappa shape index (κ1) is 33.7. The highest BCUT2D eigenvalue weighted by molar-refractivity contribution is 6.11. The number of allylic oxidation sites excluding steroid dienone is 4. The average Bonchev–Trinajstić information content (AvgIpc) is 3.57. The van der Waals surface area contributed by atoms with Crippen LogP contribution in [0.15, 0.2) is 206 Å². The zero-order valence-corrected chi connectivity index (χ0v) is 32.7. The number of benzene rings is 8. The van der Waals surface area contributed by atoms with Crippen molar-refractivity contribution in [3.8, 4) is 55.6 Å². The van der Waals surface area contributed by atoms with Gasteiger partial charge in [-0.1, -0.05) is 170 Å². The van der Waals surface area contributed by atoms with Gasteiger partial charge in [-0.25, -0.2) is 0 Å². The Labute approximate surface area is 344 Å². The number of para-hydroxylation sites is 1. The van der Waals surface area contributed by atoms with Crippen molar-refractivity contribution in [3.63, 3.8) is 0 Å². The van der Waals surface area contributed by atoms with Gasteiger partial charge in [0.15, 0.2) is 0 Å². The molecule has 2 atom stereocenters. The summed E-state index contributed by atoms with van der Waals surface area (Å²) in [5, 5.41) is 9.13. The number of hydrogen-bond acceptors (Lipinski definition) is 1. The fourth-order valence-electron chi connectivity index (χ4n) is 10.2. The predicted molar refractivity (Wildman–Crippen MR) is 249 cm³/mol. The lowest BCUT2D eigenvalue weighted by atomic mass is 9.73. The maximum Gasteiger partial charge on any atom is 0.0718 e. The van der Waals surface area contributed by atoms with E-state index in [1.165, 1.54) is 93.5 Å². The molecule has 59 heavy (non-hydrogen) atoms. The molecule has 2 aliphatic carbocycles. The number of fused-ring (bicyclic) bond motifs is 10. The number of hydrogen-bond donors (Lipinski definition) is 1. The van der Waals surface area contributed by atoms with Crippen molar-refractivity contribution in [2.45, 2.75) is 12.5 Å². The van der Waals surface area contributed by atoms with Crippen molar-refractivity contribution in [3.05, 3.63) is 217 Å². The van der Waals surface area contributed by atoms with Gasteiger partial charge in [-0.05, 0) is 104 Å². The summed E-state index contributed by atoms with van der Waals surface area (Å²) in [4.78, 5) is 0. The molecular formula is C57H40N2. The molecule has 1 N–H and O–H groups in total. The molecule has 0 bridgehead atoms. The van der Waals surface area contributed by atoms with E-state index in [2.05, 4.69) is 229 Å². The van der Waals surface area contributed by atoms with Crippen LogP contribution in [-0.4, -0.2) is 4.57 Å². The van der Waals surface area contributed by atoms with Crippen LogP contribution < -0.4 is 15.8 Å². The Morgan fingerprint density at radius 3 is 1.97 bits per heavy atom. The van der Waals surface area contributed by atoms with Crippen molar-refractivity contribution >= 4 is 44.8 Å². The van der Waals surface area contributed by atoms with Crippen molar-refractivity contribution in [2.75, 3.05) is 5.32 Å². The predicted octanol–water partition coefficient (Wildman–Crippen LogP) is 13.3. The number of rotatable bonds is 4. The Hall–Kier alpha value is -7.42. The molecule has 2 nitrogen and oxygen atoms in total. The maximum absolute atomic E-state index is 3.98. The van der Waals surface area contributed by atoms with E-state index in [0.29, 0.717) is 0 Å². The summed E-state index contributed by atoms with van der Waals surface area (Å²) >= 11 is 0. The summed E-state index contributed by atoms with van der Waals surface area (Å²) in [5.74, 6) is 0.194. The van der Waals surface area contributed by atoms with Gasteiger partial charge < -0.3 is 9.88 Å². The summed E-state index contributed by atoms with van der Waals surface area (Å²) < 4.78 is 2.61. The van der Waals surface area contributed by atoms with Crippen LogP contribution in [0.1, 0.15) is 6.92 Å². The quantitative estimate of drug-likeness (QED) is 0.189. The minimum absolute atomic E-state index is 0.194. The molecule has 3 aliphatic rings. The summed E-state index contributed by atoms with van der Waals surface area (Å²) in [6.45, 7) is 2.42. The van der Waals surface area contributed by atoms with Crippen LogP contribution in [0.4, 0.5) is 11.4 Å². The molecule has 1 aromatic heterocycles. The Morgan fingerprint density at radius 1 is 0.475 bits per heavy atom. The Bertz CT molecular complexity index is 3370. The van der Waals surface area contributed by atoms with Crippen LogP contribution in [0.2, 0.25) is 0 Å². The third kappa shape index (κ3) is 5.20. The van der Waals surface area contributed by atoms with E-state index in [-0.39, 0.29) is 11.5 Å². The van der Waals surface area contributed by atoms with Gasteiger partial charge in [0.2, 0.25) is 0 Å². The fraction of sp³-hybridized carbons (Fsp3) is 0.0526. The smallest absolute Gasteiger partial charge is 0.0718 e. The first-order valence-corrected chi connectivity index (χ1v) is 20.6. The van der Waals surface area contributed by atoms with Crippen molar-refractivity contribution in [2.24, 2.45) is 5.92 Å². The largest absolute Gasteiger partial charge is 0.354 e. The second kappa shape index (κ2) is 13.1. The Balaban J connectivity index is 1.08. The third-order valence-corrected chi connectivity index (χ3v) is 13.0. The van der Waals surface area contributed by atoms with Gasteiger partial charge in [0.05, 0.1) is 11.2 Å². The molecule has 0 radical (unpaired) electrons. The van der Waals surface area contributed by atoms with Crippen molar-refractivity contribution in [1.82, 2.24) is 4.57 Å². The molecule has 0 spiro atoms. The number of nitrogens with one attached hydrogen (secondary N) is 1. The van der Waals surface area contributed by atoms with Crippen LogP contribution >= 0.6 is 0 Å². The van der Waals surface area contributed by atoms with Crippen LogP contribution in [0.3, 0.4) is 0 Å². The van der Waals surface area contributed by atoms with E-state index < -0.39 is 0 Å². The molecule has 8 aromatic carbocycles. The van der Waals surface area contributed by atoms with Gasteiger partial charge in [0.25, 0.3) is 0 Å². The monoisotopic (exact) mass is 752 g/mol. The van der Waals surface area contributed by atoms with E-state index in [1.807, 2.05) is 0 Å². The van der Waals surface area contributed by atoms with Crippen LogP contribution in [0.5, 0.6) is 0 Å². The highest BCUT2D eigenvalue weighted by Crippen LogP contribution is 2.51. The average molecular weight is 753 g/mol. The van der Waals surface area contributed by atoms with E-state index in [9.17, 15) is 0 Å². The third-order valence-electron chi connectivity index (χ3n) is 13.0. The second-order valence-electron chi connectivity index (χ2n) is 16.3. The highest BCUT2D eigenvalue weighted by Gasteiger charge is 2.39. The standard InChI is InChI=1S/C57H40N2/c1-57(36-41-20-8-9-21-43(41)46-24-12-14-26-52(46)57)59-54-27-15-13-25-47(54)50-33-40(29-31-55(50)59)42-34-48(38-18-6-3-7-19-38)56-51(35-42)45-23-11-10-22-44(45)49-32-39(28-30-53(49)58-56)37-16-4-2-5-17-37/h2-36,52,58H,1H3. The zero-order chi connectivity index (χ0) is 39.1. The molecule has 0 saturated heterocycles. The summed E-state index contributed by atoms with van der Waals surface area (Å²) in [5.41, 5.74) is 17.8. The van der Waals surface area contributed by atoms with Crippen LogP contribution in [0, 0.1) is 5.92 Å². The first-order valence-electron chi connectivity index (χ1n) is 20.6. The lowest BCUT2D eigenvalue weighted by Gasteiger charge is -2.40. The summed E-state index contributed by atoms with van der Waals surface area (Å²) in [7, 11) is 0. The molecule has 0 saturated carbocycles. The number of anilines is 2. The number of aromatic nitrogens is 1. The Morgan fingerprint density at radius 2 is 1.12 bits per heavy atom. The molecule has 2 heteroatoms. The molecule has 9 aromatic rings. The SMILES string of the molecule is CC1(n2c3ccccc3c3cc(-c4cc(-c5ccccc5)c5c(c4)-c4ccccc4-c4cc(-c6ccccc6)ccc4N5)ccc32)C=c2ccccc2=C2C=CC=CC21. The maximum atomic E-state index is 3.98. The highest BCUT2D eigenvalue weighted by atomic mass is 15.1. The molecular weight excluding hydrogens is 713 g/mol. The minimum Gasteiger partial charge on any atom is -0.354 e. The zero-order valence-electron chi connectivity index (χ0n) is 32.7. The van der Waals surface area contributed by atoms with Gasteiger partial charge in [-0.2, -0.15) is 0 Å². The molecule has 2 unspecified atom stereocenters.